The summed E-state index contributed by atoms with van der Waals surface area (Å²) in [7, 11) is -3.82. The largest absolute Gasteiger partial charge is 0.477 e. The highest BCUT2D eigenvalue weighted by Gasteiger charge is 2.30. The van der Waals surface area contributed by atoms with Gasteiger partial charge in [-0.05, 0) is 25.3 Å². The highest BCUT2D eigenvalue weighted by Crippen LogP contribution is 2.37. The van der Waals surface area contributed by atoms with E-state index in [-0.39, 0.29) is 23.2 Å². The van der Waals surface area contributed by atoms with Crippen LogP contribution in [-0.2, 0) is 10.0 Å². The molecule has 1 aromatic rings. The van der Waals surface area contributed by atoms with E-state index in [1.165, 1.54) is 10.8 Å². The molecule has 1 saturated carbocycles. The summed E-state index contributed by atoms with van der Waals surface area (Å²) >= 11 is 0. The zero-order valence-electron chi connectivity index (χ0n) is 11.1. The van der Waals surface area contributed by atoms with Crippen LogP contribution < -0.4 is 4.72 Å². The molecule has 20 heavy (non-hydrogen) atoms. The lowest BCUT2D eigenvalue weighted by Crippen LogP contribution is -2.36. The molecular formula is C12H18N2O5S. The number of hydrogen-bond acceptors (Lipinski definition) is 4. The minimum absolute atomic E-state index is 0.0232. The number of aromatic nitrogens is 1. The van der Waals surface area contributed by atoms with E-state index >= 15 is 0 Å². The van der Waals surface area contributed by atoms with Gasteiger partial charge in [0.15, 0.2) is 0 Å². The first-order valence-electron chi connectivity index (χ1n) is 6.47. The predicted molar refractivity (Wildman–Crippen MR) is 71.1 cm³/mol. The Morgan fingerprint density at radius 2 is 2.20 bits per heavy atom. The Balaban J connectivity index is 2.32. The molecule has 1 atom stereocenters. The van der Waals surface area contributed by atoms with Crippen molar-refractivity contribution < 1.29 is 23.4 Å². The van der Waals surface area contributed by atoms with E-state index in [2.05, 4.69) is 4.72 Å². The standard InChI is InChI=1S/C12H18N2O5S/c1-2-8(7-15)13-20(18,19)10-5-11(12(16)17)14(6-10)9-3-4-9/h5-6,8-9,13,15H,2-4,7H2,1H3,(H,16,17). The summed E-state index contributed by atoms with van der Waals surface area (Å²) in [5.74, 6) is -1.15. The molecule has 0 saturated heterocycles. The topological polar surface area (TPSA) is 109 Å². The number of aromatic carboxylic acids is 1. The number of nitrogens with one attached hydrogen (secondary N) is 1. The third-order valence-electron chi connectivity index (χ3n) is 3.33. The minimum Gasteiger partial charge on any atom is -0.477 e. The number of hydrogen-bond donors (Lipinski definition) is 3. The van der Waals surface area contributed by atoms with Gasteiger partial charge in [-0.1, -0.05) is 6.92 Å². The van der Waals surface area contributed by atoms with Crippen LogP contribution in [0.2, 0.25) is 0 Å². The number of rotatable bonds is 7. The second-order valence-electron chi connectivity index (χ2n) is 4.91. The zero-order chi connectivity index (χ0) is 14.9. The Hall–Kier alpha value is -1.38. The fourth-order valence-electron chi connectivity index (χ4n) is 1.96. The highest BCUT2D eigenvalue weighted by atomic mass is 32.2. The van der Waals surface area contributed by atoms with Gasteiger partial charge in [-0.2, -0.15) is 0 Å². The van der Waals surface area contributed by atoms with Crippen molar-refractivity contribution in [2.75, 3.05) is 6.61 Å². The summed E-state index contributed by atoms with van der Waals surface area (Å²) in [6, 6.07) is 0.662. The van der Waals surface area contributed by atoms with Gasteiger partial charge in [0.05, 0.1) is 6.61 Å². The van der Waals surface area contributed by atoms with Gasteiger partial charge in [0.1, 0.15) is 10.6 Å². The molecule has 1 fully saturated rings. The van der Waals surface area contributed by atoms with E-state index in [0.29, 0.717) is 6.42 Å². The molecule has 0 aliphatic heterocycles. The predicted octanol–water partition coefficient (Wildman–Crippen LogP) is 0.570. The number of carboxylic acid groups (broad SMARTS) is 1. The van der Waals surface area contributed by atoms with Crippen LogP contribution in [0.5, 0.6) is 0 Å². The van der Waals surface area contributed by atoms with Crippen molar-refractivity contribution in [3.8, 4) is 0 Å². The summed E-state index contributed by atoms with van der Waals surface area (Å²) in [5.41, 5.74) is -0.0232. The van der Waals surface area contributed by atoms with Gasteiger partial charge in [-0.15, -0.1) is 0 Å². The molecule has 0 spiro atoms. The van der Waals surface area contributed by atoms with Crippen LogP contribution in [0.15, 0.2) is 17.2 Å². The van der Waals surface area contributed by atoms with Crippen molar-refractivity contribution in [2.45, 2.75) is 43.2 Å². The average Bonchev–Trinajstić information content (AvgIpc) is 3.13. The van der Waals surface area contributed by atoms with Gasteiger partial charge in [-0.25, -0.2) is 17.9 Å². The Bertz CT molecular complexity index is 599. The lowest BCUT2D eigenvalue weighted by atomic mass is 10.3. The molecule has 0 amide bonds. The normalized spacial score (nSPS) is 17.1. The number of aliphatic hydroxyl groups is 1. The molecule has 0 aromatic carbocycles. The molecule has 1 unspecified atom stereocenters. The Labute approximate surface area is 117 Å². The summed E-state index contributed by atoms with van der Waals surface area (Å²) in [6.07, 6.45) is 3.52. The van der Waals surface area contributed by atoms with Crippen molar-refractivity contribution in [2.24, 2.45) is 0 Å². The summed E-state index contributed by atoms with van der Waals surface area (Å²) < 4.78 is 28.2. The molecule has 0 bridgehead atoms. The molecule has 1 aromatic heterocycles. The monoisotopic (exact) mass is 302 g/mol. The van der Waals surface area contributed by atoms with Crippen LogP contribution in [0.3, 0.4) is 0 Å². The smallest absolute Gasteiger partial charge is 0.352 e. The molecule has 1 aliphatic rings. The average molecular weight is 302 g/mol. The van der Waals surface area contributed by atoms with Crippen LogP contribution in [0.4, 0.5) is 0 Å². The van der Waals surface area contributed by atoms with Crippen molar-refractivity contribution in [1.29, 1.82) is 0 Å². The molecule has 1 aliphatic carbocycles. The van der Waals surface area contributed by atoms with E-state index in [4.69, 9.17) is 10.2 Å². The van der Waals surface area contributed by atoms with Gasteiger partial charge >= 0.3 is 5.97 Å². The third-order valence-corrected chi connectivity index (χ3v) is 4.82. The molecule has 7 nitrogen and oxygen atoms in total. The van der Waals surface area contributed by atoms with Gasteiger partial charge < -0.3 is 14.8 Å². The van der Waals surface area contributed by atoms with E-state index in [1.807, 2.05) is 0 Å². The van der Waals surface area contributed by atoms with Crippen molar-refractivity contribution in [3.63, 3.8) is 0 Å². The van der Waals surface area contributed by atoms with Gasteiger partial charge in [0.25, 0.3) is 0 Å². The van der Waals surface area contributed by atoms with E-state index in [1.54, 1.807) is 6.92 Å². The second kappa shape index (κ2) is 5.55. The number of sulfonamides is 1. The van der Waals surface area contributed by atoms with Crippen LogP contribution in [0.25, 0.3) is 0 Å². The fourth-order valence-corrected chi connectivity index (χ4v) is 3.30. The molecule has 112 valence electrons. The maximum Gasteiger partial charge on any atom is 0.352 e. The SMILES string of the molecule is CCC(CO)NS(=O)(=O)c1cc(C(=O)O)n(C2CC2)c1. The lowest BCUT2D eigenvalue weighted by Gasteiger charge is -2.13. The zero-order valence-corrected chi connectivity index (χ0v) is 11.9. The maximum atomic E-state index is 12.2. The highest BCUT2D eigenvalue weighted by molar-refractivity contribution is 7.89. The van der Waals surface area contributed by atoms with E-state index < -0.39 is 22.0 Å². The molecule has 0 radical (unpaired) electrons. The lowest BCUT2D eigenvalue weighted by molar-refractivity contribution is 0.0685. The Morgan fingerprint density at radius 3 is 2.65 bits per heavy atom. The van der Waals surface area contributed by atoms with E-state index in [0.717, 1.165) is 18.9 Å². The van der Waals surface area contributed by atoms with Gasteiger partial charge in [0.2, 0.25) is 10.0 Å². The molecule has 1 heterocycles. The molecule has 3 N–H and O–H groups in total. The van der Waals surface area contributed by atoms with Crippen LogP contribution in [0, 0.1) is 0 Å². The summed E-state index contributed by atoms with van der Waals surface area (Å²) in [5, 5.41) is 18.2. The maximum absolute atomic E-state index is 12.2. The van der Waals surface area contributed by atoms with Crippen LogP contribution in [-0.4, -0.2) is 41.8 Å². The number of nitrogens with zero attached hydrogens (tertiary/aromatic N) is 1. The third kappa shape index (κ3) is 3.02. The minimum atomic E-state index is -3.82. The quantitative estimate of drug-likeness (QED) is 0.682. The fraction of sp³-hybridized carbons (Fsp3) is 0.583. The number of aliphatic hydroxyl groups excluding tert-OH is 1. The number of carboxylic acids is 1. The molecular weight excluding hydrogens is 284 g/mol. The van der Waals surface area contributed by atoms with Crippen molar-refractivity contribution in [1.82, 2.24) is 9.29 Å². The van der Waals surface area contributed by atoms with Gasteiger partial charge in [0, 0.05) is 18.3 Å². The van der Waals surface area contributed by atoms with Crippen molar-refractivity contribution in [3.05, 3.63) is 18.0 Å². The summed E-state index contributed by atoms with van der Waals surface area (Å²) in [4.78, 5) is 11.1. The van der Waals surface area contributed by atoms with Crippen molar-refractivity contribution >= 4 is 16.0 Å². The Kier molecular flexibility index (Phi) is 4.17. The number of carbonyl (C=O) groups is 1. The second-order valence-corrected chi connectivity index (χ2v) is 6.63. The van der Waals surface area contributed by atoms with Crippen LogP contribution in [0.1, 0.15) is 42.7 Å². The Morgan fingerprint density at radius 1 is 1.55 bits per heavy atom. The first kappa shape index (κ1) is 15.0. The summed E-state index contributed by atoms with van der Waals surface area (Å²) in [6.45, 7) is 1.45. The van der Waals surface area contributed by atoms with Crippen LogP contribution >= 0.6 is 0 Å². The molecule has 8 heteroatoms. The van der Waals surface area contributed by atoms with Gasteiger partial charge in [-0.3, -0.25) is 0 Å². The molecule has 2 rings (SSSR count). The van der Waals surface area contributed by atoms with E-state index in [9.17, 15) is 13.2 Å². The first-order valence-corrected chi connectivity index (χ1v) is 7.95. The first-order chi connectivity index (χ1) is 9.39.